The number of halogens is 2. The molecule has 1 aliphatic rings. The maximum absolute atomic E-state index is 6.13. The van der Waals surface area contributed by atoms with E-state index in [0.29, 0.717) is 5.02 Å². The van der Waals surface area contributed by atoms with Gasteiger partial charge in [-0.1, -0.05) is 23.2 Å². The van der Waals surface area contributed by atoms with Gasteiger partial charge in [0.15, 0.2) is 0 Å². The first-order valence-corrected chi connectivity index (χ1v) is 5.93. The number of nitrogens with zero attached hydrogens (tertiary/aromatic N) is 1. The number of hydrogen-bond acceptors (Lipinski definition) is 0. The van der Waals surface area contributed by atoms with Gasteiger partial charge in [-0.05, 0) is 37.0 Å². The highest BCUT2D eigenvalue weighted by molar-refractivity contribution is 6.38. The molecule has 0 amide bonds. The van der Waals surface area contributed by atoms with Gasteiger partial charge in [-0.3, -0.25) is 0 Å². The van der Waals surface area contributed by atoms with Crippen LogP contribution in [0.25, 0.3) is 10.9 Å². The summed E-state index contributed by atoms with van der Waals surface area (Å²) < 4.78 is 2.25. The molecule has 0 spiro atoms. The molecule has 1 fully saturated rings. The highest BCUT2D eigenvalue weighted by Gasteiger charge is 2.22. The second-order valence-corrected chi connectivity index (χ2v) is 5.08. The van der Waals surface area contributed by atoms with Crippen molar-refractivity contribution in [2.75, 3.05) is 0 Å². The molecule has 0 N–H and O–H groups in total. The second-order valence-electron chi connectivity index (χ2n) is 4.23. The zero-order valence-electron chi connectivity index (χ0n) is 8.21. The Kier molecular flexibility index (Phi) is 2.18. The van der Waals surface area contributed by atoms with Crippen LogP contribution in [0.5, 0.6) is 0 Å². The van der Waals surface area contributed by atoms with Gasteiger partial charge in [0.1, 0.15) is 0 Å². The summed E-state index contributed by atoms with van der Waals surface area (Å²) in [7, 11) is 0. The molecule has 1 aromatic heterocycles. The molecule has 0 aliphatic heterocycles. The van der Waals surface area contributed by atoms with Gasteiger partial charge >= 0.3 is 0 Å². The molecular formula is C12H11Cl2N. The highest BCUT2D eigenvalue weighted by Crippen LogP contribution is 2.34. The maximum Gasteiger partial charge on any atom is 0.0514 e. The lowest BCUT2D eigenvalue weighted by Gasteiger charge is -2.04. The normalized spacial score (nSPS) is 16.1. The lowest BCUT2D eigenvalue weighted by Crippen LogP contribution is -1.97. The molecule has 15 heavy (non-hydrogen) atoms. The minimum Gasteiger partial charge on any atom is -0.347 e. The number of aromatic nitrogens is 1. The van der Waals surface area contributed by atoms with Crippen molar-refractivity contribution in [1.82, 2.24) is 4.57 Å². The van der Waals surface area contributed by atoms with E-state index in [2.05, 4.69) is 16.8 Å². The van der Waals surface area contributed by atoms with E-state index in [9.17, 15) is 0 Å². The SMILES string of the molecule is Clc1cc(Cl)c2ccn(CC3CC3)c2c1. The monoisotopic (exact) mass is 239 g/mol. The minimum atomic E-state index is 0.711. The molecule has 0 bridgehead atoms. The van der Waals surface area contributed by atoms with E-state index in [-0.39, 0.29) is 0 Å². The zero-order chi connectivity index (χ0) is 10.4. The van der Waals surface area contributed by atoms with Gasteiger partial charge in [-0.15, -0.1) is 0 Å². The third-order valence-corrected chi connectivity index (χ3v) is 3.49. The van der Waals surface area contributed by atoms with Crippen molar-refractivity contribution >= 4 is 34.1 Å². The highest BCUT2D eigenvalue weighted by atomic mass is 35.5. The van der Waals surface area contributed by atoms with Gasteiger partial charge in [0, 0.05) is 23.2 Å². The summed E-state index contributed by atoms with van der Waals surface area (Å²) in [5.74, 6) is 0.860. The van der Waals surface area contributed by atoms with E-state index < -0.39 is 0 Å². The number of rotatable bonds is 2. The molecular weight excluding hydrogens is 229 g/mol. The topological polar surface area (TPSA) is 4.93 Å². The van der Waals surface area contributed by atoms with Crippen LogP contribution in [0.3, 0.4) is 0 Å². The van der Waals surface area contributed by atoms with Crippen molar-refractivity contribution in [2.45, 2.75) is 19.4 Å². The van der Waals surface area contributed by atoms with E-state index in [0.717, 1.165) is 28.4 Å². The fourth-order valence-corrected chi connectivity index (χ4v) is 2.50. The third kappa shape index (κ3) is 1.75. The molecule has 1 saturated carbocycles. The summed E-state index contributed by atoms with van der Waals surface area (Å²) in [5.41, 5.74) is 1.15. The first-order chi connectivity index (χ1) is 7.24. The average molecular weight is 240 g/mol. The van der Waals surface area contributed by atoms with E-state index in [1.54, 1.807) is 6.07 Å². The van der Waals surface area contributed by atoms with Crippen molar-refractivity contribution < 1.29 is 0 Å². The molecule has 0 unspecified atom stereocenters. The van der Waals surface area contributed by atoms with Crippen LogP contribution in [-0.4, -0.2) is 4.57 Å². The third-order valence-electron chi connectivity index (χ3n) is 2.95. The molecule has 1 heterocycles. The quantitative estimate of drug-likeness (QED) is 0.735. The molecule has 78 valence electrons. The first-order valence-electron chi connectivity index (χ1n) is 5.18. The predicted octanol–water partition coefficient (Wildman–Crippen LogP) is 4.36. The lowest BCUT2D eigenvalue weighted by molar-refractivity contribution is 0.647. The van der Waals surface area contributed by atoms with Crippen LogP contribution in [-0.2, 0) is 6.54 Å². The smallest absolute Gasteiger partial charge is 0.0514 e. The molecule has 1 nitrogen and oxygen atoms in total. The predicted molar refractivity (Wildman–Crippen MR) is 64.7 cm³/mol. The summed E-state index contributed by atoms with van der Waals surface area (Å²) in [6.07, 6.45) is 4.81. The largest absolute Gasteiger partial charge is 0.347 e. The molecule has 2 aromatic rings. The Hall–Kier alpha value is -0.660. The van der Waals surface area contributed by atoms with Gasteiger partial charge in [-0.2, -0.15) is 0 Å². The van der Waals surface area contributed by atoms with Crippen LogP contribution < -0.4 is 0 Å². The number of fused-ring (bicyclic) bond motifs is 1. The van der Waals surface area contributed by atoms with Gasteiger partial charge in [0.25, 0.3) is 0 Å². The molecule has 0 radical (unpaired) electrons. The Morgan fingerprint density at radius 1 is 1.27 bits per heavy atom. The van der Waals surface area contributed by atoms with E-state index >= 15 is 0 Å². The molecule has 0 saturated heterocycles. The van der Waals surface area contributed by atoms with Crippen LogP contribution in [0, 0.1) is 5.92 Å². The fourth-order valence-electron chi connectivity index (χ4n) is 1.96. The second kappa shape index (κ2) is 3.43. The van der Waals surface area contributed by atoms with Gasteiger partial charge in [-0.25, -0.2) is 0 Å². The standard InChI is InChI=1S/C12H11Cl2N/c13-9-5-11(14)10-3-4-15(12(10)6-9)7-8-1-2-8/h3-6,8H,1-2,7H2. The van der Waals surface area contributed by atoms with E-state index in [1.165, 1.54) is 12.8 Å². The van der Waals surface area contributed by atoms with Crippen LogP contribution >= 0.6 is 23.2 Å². The van der Waals surface area contributed by atoms with Crippen molar-refractivity contribution in [1.29, 1.82) is 0 Å². The van der Waals surface area contributed by atoms with Crippen LogP contribution in [0.4, 0.5) is 0 Å². The van der Waals surface area contributed by atoms with Gasteiger partial charge in [0.2, 0.25) is 0 Å². The summed E-state index contributed by atoms with van der Waals surface area (Å²) in [6.45, 7) is 1.10. The summed E-state index contributed by atoms with van der Waals surface area (Å²) in [4.78, 5) is 0. The number of benzene rings is 1. The average Bonchev–Trinajstić information content (AvgIpc) is 2.89. The maximum atomic E-state index is 6.13. The minimum absolute atomic E-state index is 0.711. The van der Waals surface area contributed by atoms with Gasteiger partial charge in [0.05, 0.1) is 10.5 Å². The summed E-state index contributed by atoms with van der Waals surface area (Å²) in [5, 5.41) is 2.55. The molecule has 1 aromatic carbocycles. The van der Waals surface area contributed by atoms with Crippen molar-refractivity contribution in [3.05, 3.63) is 34.4 Å². The van der Waals surface area contributed by atoms with Crippen LogP contribution in [0.15, 0.2) is 24.4 Å². The molecule has 0 atom stereocenters. The Morgan fingerprint density at radius 2 is 2.07 bits per heavy atom. The molecule has 3 heteroatoms. The lowest BCUT2D eigenvalue weighted by atomic mass is 10.2. The Labute approximate surface area is 98.6 Å². The van der Waals surface area contributed by atoms with E-state index in [1.807, 2.05) is 6.07 Å². The Morgan fingerprint density at radius 3 is 2.80 bits per heavy atom. The van der Waals surface area contributed by atoms with Gasteiger partial charge < -0.3 is 4.57 Å². The Bertz CT molecular complexity index is 512. The molecule has 3 rings (SSSR count). The Balaban J connectivity index is 2.14. The summed E-state index contributed by atoms with van der Waals surface area (Å²) in [6, 6.07) is 5.86. The molecule has 1 aliphatic carbocycles. The zero-order valence-corrected chi connectivity index (χ0v) is 9.72. The fraction of sp³-hybridized carbons (Fsp3) is 0.333. The van der Waals surface area contributed by atoms with Crippen LogP contribution in [0.1, 0.15) is 12.8 Å². The van der Waals surface area contributed by atoms with Crippen molar-refractivity contribution in [3.63, 3.8) is 0 Å². The number of hydrogen-bond donors (Lipinski definition) is 0. The van der Waals surface area contributed by atoms with Crippen molar-refractivity contribution in [3.8, 4) is 0 Å². The summed E-state index contributed by atoms with van der Waals surface area (Å²) >= 11 is 12.1. The van der Waals surface area contributed by atoms with Crippen molar-refractivity contribution in [2.24, 2.45) is 5.92 Å². The van der Waals surface area contributed by atoms with E-state index in [4.69, 9.17) is 23.2 Å². The van der Waals surface area contributed by atoms with Crippen LogP contribution in [0.2, 0.25) is 10.0 Å². The first kappa shape index (κ1) is 9.56.